The molecular weight excluding hydrogens is 793 g/mol. The van der Waals surface area contributed by atoms with Crippen LogP contribution in [0.5, 0.6) is 0 Å². The van der Waals surface area contributed by atoms with Crippen LogP contribution in [0.25, 0.3) is 77.1 Å². The van der Waals surface area contributed by atoms with Crippen LogP contribution in [0.15, 0.2) is 227 Å². The zero-order chi connectivity index (χ0) is 42.8. The zero-order valence-electron chi connectivity index (χ0n) is 35.5. The molecule has 2 aliphatic rings. The average molecular weight is 835 g/mol. The summed E-state index contributed by atoms with van der Waals surface area (Å²) in [6.45, 7) is 0. The van der Waals surface area contributed by atoms with Crippen molar-refractivity contribution in [2.75, 3.05) is 0 Å². The van der Waals surface area contributed by atoms with Gasteiger partial charge in [0.1, 0.15) is 17.0 Å². The van der Waals surface area contributed by atoms with Gasteiger partial charge in [-0.25, -0.2) is 9.98 Å². The van der Waals surface area contributed by atoms with Gasteiger partial charge in [-0.2, -0.15) is 0 Å². The quantitative estimate of drug-likeness (QED) is 0.166. The number of furan rings is 1. The molecule has 2 aromatic heterocycles. The second kappa shape index (κ2) is 15.2. The fourth-order valence-corrected chi connectivity index (χ4v) is 10.5. The van der Waals surface area contributed by atoms with Gasteiger partial charge in [0, 0.05) is 38.6 Å². The highest BCUT2D eigenvalue weighted by Crippen LogP contribution is 2.50. The molecule has 0 amide bonds. The van der Waals surface area contributed by atoms with Crippen LogP contribution in [0.4, 0.5) is 0 Å². The van der Waals surface area contributed by atoms with E-state index in [1.165, 1.54) is 60.8 Å². The number of aromatic nitrogens is 1. The third kappa shape index (κ3) is 6.30. The van der Waals surface area contributed by atoms with E-state index in [9.17, 15) is 0 Å². The fraction of sp³-hybridized carbons (Fsp3) is 0.0667. The van der Waals surface area contributed by atoms with Crippen LogP contribution in [-0.2, 0) is 6.42 Å². The molecular formula is C60H42N4O. The lowest BCUT2D eigenvalue weighted by atomic mass is 9.87. The second-order valence-electron chi connectivity index (χ2n) is 17.2. The van der Waals surface area contributed by atoms with E-state index in [1.54, 1.807) is 0 Å². The van der Waals surface area contributed by atoms with Gasteiger partial charge in [-0.1, -0.05) is 170 Å². The Hall–Kier alpha value is -8.28. The fourth-order valence-electron chi connectivity index (χ4n) is 10.5. The molecule has 9 aromatic carbocycles. The molecule has 65 heavy (non-hydrogen) atoms. The summed E-state index contributed by atoms with van der Waals surface area (Å²) in [6, 6.07) is 76.2. The molecule has 308 valence electrons. The summed E-state index contributed by atoms with van der Waals surface area (Å²) in [6.07, 6.45) is 1.46. The monoisotopic (exact) mass is 834 g/mol. The first-order chi connectivity index (χ1) is 32.2. The van der Waals surface area contributed by atoms with Crippen molar-refractivity contribution in [3.63, 3.8) is 0 Å². The summed E-state index contributed by atoms with van der Waals surface area (Å²) < 4.78 is 8.73. The number of nitrogens with zero attached hydrogens (tertiary/aromatic N) is 3. The number of aliphatic imine (C=N–C) groups is 2. The third-order valence-electron chi connectivity index (χ3n) is 13.5. The topological polar surface area (TPSA) is 54.8 Å². The number of benzene rings is 9. The number of amidine groups is 2. The van der Waals surface area contributed by atoms with Crippen molar-refractivity contribution >= 4 is 55.4 Å². The molecule has 1 N–H and O–H groups in total. The van der Waals surface area contributed by atoms with Crippen molar-refractivity contribution in [3.8, 4) is 33.4 Å². The first-order valence-electron chi connectivity index (χ1n) is 22.5. The summed E-state index contributed by atoms with van der Waals surface area (Å²) in [7, 11) is 0. The van der Waals surface area contributed by atoms with Crippen molar-refractivity contribution in [1.29, 1.82) is 0 Å². The Kier molecular flexibility index (Phi) is 8.73. The van der Waals surface area contributed by atoms with E-state index in [4.69, 9.17) is 14.4 Å². The maximum atomic E-state index is 6.36. The second-order valence-corrected chi connectivity index (χ2v) is 17.2. The van der Waals surface area contributed by atoms with E-state index >= 15 is 0 Å². The Bertz CT molecular complexity index is 3690. The molecule has 0 fully saturated rings. The van der Waals surface area contributed by atoms with Crippen LogP contribution in [0.1, 0.15) is 46.4 Å². The maximum absolute atomic E-state index is 6.36. The molecule has 13 rings (SSSR count). The molecule has 1 aliphatic carbocycles. The summed E-state index contributed by atoms with van der Waals surface area (Å²) >= 11 is 0. The Labute approximate surface area is 376 Å². The van der Waals surface area contributed by atoms with E-state index in [0.29, 0.717) is 5.84 Å². The van der Waals surface area contributed by atoms with Crippen LogP contribution in [0, 0.1) is 0 Å². The molecule has 3 heterocycles. The molecule has 2 atom stereocenters. The zero-order valence-corrected chi connectivity index (χ0v) is 35.5. The van der Waals surface area contributed by atoms with Crippen molar-refractivity contribution < 1.29 is 4.42 Å². The standard InChI is InChI=1S/C60H42N4O/c1-4-16-38(17-5-1)42-29-28-40(50(34-42)39-18-6-2-7-19-39)30-32-46-44-22-10-11-23-45(44)52-37-55-53(36-51(46)52)47-24-12-14-26-54(47)64(55)60-62-58(41-20-8-3-9-21-41)61-59(63-60)43-31-33-49-48-25-13-15-27-56(48)65-57(49)35-43/h1-29,31,33-37,46,60H,30,32H2,(H,61,62,63)/t46-,60?/m0/s1. The molecule has 0 bridgehead atoms. The van der Waals surface area contributed by atoms with Crippen LogP contribution in [0.3, 0.4) is 0 Å². The lowest BCUT2D eigenvalue weighted by Gasteiger charge is -2.26. The summed E-state index contributed by atoms with van der Waals surface area (Å²) in [4.78, 5) is 10.6. The number of hydrogen-bond acceptors (Lipinski definition) is 4. The minimum Gasteiger partial charge on any atom is -0.456 e. The number of aryl methyl sites for hydroxylation is 1. The number of rotatable bonds is 8. The number of fused-ring (bicyclic) bond motifs is 9. The van der Waals surface area contributed by atoms with Crippen molar-refractivity contribution in [3.05, 3.63) is 240 Å². The lowest BCUT2D eigenvalue weighted by molar-refractivity contribution is 0.516. The Balaban J connectivity index is 0.922. The summed E-state index contributed by atoms with van der Waals surface area (Å²) in [5, 5.41) is 8.42. The highest BCUT2D eigenvalue weighted by Gasteiger charge is 2.32. The highest BCUT2D eigenvalue weighted by atomic mass is 16.3. The van der Waals surface area contributed by atoms with Gasteiger partial charge in [-0.15, -0.1) is 0 Å². The van der Waals surface area contributed by atoms with E-state index in [0.717, 1.165) is 62.8 Å². The maximum Gasteiger partial charge on any atom is 0.204 e. The first kappa shape index (κ1) is 37.3. The van der Waals surface area contributed by atoms with E-state index in [2.05, 4.69) is 192 Å². The highest BCUT2D eigenvalue weighted by molar-refractivity contribution is 6.16. The van der Waals surface area contributed by atoms with Gasteiger partial charge in [0.05, 0.1) is 11.0 Å². The van der Waals surface area contributed by atoms with Gasteiger partial charge in [-0.05, 0) is 105 Å². The van der Waals surface area contributed by atoms with Gasteiger partial charge >= 0.3 is 0 Å². The van der Waals surface area contributed by atoms with Gasteiger partial charge in [0.15, 0.2) is 5.84 Å². The Morgan fingerprint density at radius 3 is 1.95 bits per heavy atom. The lowest BCUT2D eigenvalue weighted by Crippen LogP contribution is -2.36. The van der Waals surface area contributed by atoms with Crippen molar-refractivity contribution in [2.24, 2.45) is 9.98 Å². The van der Waals surface area contributed by atoms with Crippen LogP contribution >= 0.6 is 0 Å². The molecule has 0 spiro atoms. The minimum atomic E-state index is -0.479. The first-order valence-corrected chi connectivity index (χ1v) is 22.5. The summed E-state index contributed by atoms with van der Waals surface area (Å²) in [5.41, 5.74) is 17.6. The van der Waals surface area contributed by atoms with Crippen LogP contribution in [0.2, 0.25) is 0 Å². The smallest absolute Gasteiger partial charge is 0.204 e. The molecule has 11 aromatic rings. The average Bonchev–Trinajstić information content (AvgIpc) is 4.02. The van der Waals surface area contributed by atoms with Gasteiger partial charge < -0.3 is 14.3 Å². The van der Waals surface area contributed by atoms with Gasteiger partial charge in [-0.3, -0.25) is 0 Å². The van der Waals surface area contributed by atoms with E-state index in [-0.39, 0.29) is 5.92 Å². The molecule has 0 saturated carbocycles. The predicted octanol–water partition coefficient (Wildman–Crippen LogP) is 14.7. The summed E-state index contributed by atoms with van der Waals surface area (Å²) in [5.74, 6) is 1.67. The van der Waals surface area contributed by atoms with Gasteiger partial charge in [0.2, 0.25) is 6.29 Å². The van der Waals surface area contributed by atoms with Crippen LogP contribution in [-0.4, -0.2) is 16.2 Å². The number of hydrogen-bond donors (Lipinski definition) is 1. The third-order valence-corrected chi connectivity index (χ3v) is 13.5. The largest absolute Gasteiger partial charge is 0.456 e. The molecule has 0 saturated heterocycles. The van der Waals surface area contributed by atoms with Crippen LogP contribution < -0.4 is 5.32 Å². The van der Waals surface area contributed by atoms with Crippen molar-refractivity contribution in [2.45, 2.75) is 25.0 Å². The minimum absolute atomic E-state index is 0.243. The Morgan fingerprint density at radius 2 is 1.12 bits per heavy atom. The molecule has 1 aliphatic heterocycles. The van der Waals surface area contributed by atoms with E-state index in [1.807, 2.05) is 30.3 Å². The predicted molar refractivity (Wildman–Crippen MR) is 268 cm³/mol. The van der Waals surface area contributed by atoms with Crippen molar-refractivity contribution in [1.82, 2.24) is 9.88 Å². The SMILES string of the molecule is c1ccc(C2=NC(n3c4ccccc4c4cc5c(cc43)-c3ccccc3[C@@H]5CCc3ccc(-c4ccccc4)cc3-c3ccccc3)NC(c3ccc4c(c3)oc3ccccc34)=N2)cc1. The molecule has 0 radical (unpaired) electrons. The Morgan fingerprint density at radius 1 is 0.446 bits per heavy atom. The number of para-hydroxylation sites is 2. The molecule has 1 unspecified atom stereocenters. The normalized spacial score (nSPS) is 15.5. The molecule has 5 heteroatoms. The number of nitrogens with one attached hydrogen (secondary N) is 1. The van der Waals surface area contributed by atoms with Gasteiger partial charge in [0.25, 0.3) is 0 Å². The molecule has 5 nitrogen and oxygen atoms in total. The van der Waals surface area contributed by atoms with E-state index < -0.39 is 6.29 Å².